The maximum absolute atomic E-state index is 12.7. The van der Waals surface area contributed by atoms with E-state index in [4.69, 9.17) is 16.3 Å². The summed E-state index contributed by atoms with van der Waals surface area (Å²) in [5, 5.41) is 17.9. The summed E-state index contributed by atoms with van der Waals surface area (Å²) in [6.45, 7) is 0. The number of halogens is 2. The van der Waals surface area contributed by atoms with E-state index in [-0.39, 0.29) is 22.6 Å². The van der Waals surface area contributed by atoms with Gasteiger partial charge in [0.2, 0.25) is 0 Å². The van der Waals surface area contributed by atoms with Gasteiger partial charge in [-0.3, -0.25) is 19.7 Å². The van der Waals surface area contributed by atoms with Crippen molar-refractivity contribution in [1.82, 2.24) is 5.43 Å². The average molecular weight is 622 g/mol. The predicted molar refractivity (Wildman–Crippen MR) is 153 cm³/mol. The zero-order valence-corrected chi connectivity index (χ0v) is 22.7. The number of non-ortho nitro benzene ring substituents is 1. The number of rotatable bonds is 8. The molecule has 0 unspecified atom stereocenters. The van der Waals surface area contributed by atoms with Gasteiger partial charge in [-0.1, -0.05) is 33.6 Å². The highest BCUT2D eigenvalue weighted by molar-refractivity contribution is 9.10. The number of anilines is 1. The van der Waals surface area contributed by atoms with Crippen LogP contribution in [0.15, 0.2) is 101 Å². The molecule has 0 atom stereocenters. The van der Waals surface area contributed by atoms with Crippen molar-refractivity contribution in [1.29, 1.82) is 0 Å². The first-order chi connectivity index (χ1) is 19.2. The van der Waals surface area contributed by atoms with Crippen molar-refractivity contribution in [3.63, 3.8) is 0 Å². The van der Waals surface area contributed by atoms with Crippen LogP contribution in [0.25, 0.3) is 0 Å². The molecule has 40 heavy (non-hydrogen) atoms. The van der Waals surface area contributed by atoms with E-state index in [0.29, 0.717) is 26.3 Å². The largest absolute Gasteiger partial charge is 0.422 e. The average Bonchev–Trinajstić information content (AvgIpc) is 2.94. The maximum Gasteiger partial charge on any atom is 0.343 e. The second kappa shape index (κ2) is 12.8. The highest BCUT2D eigenvalue weighted by Gasteiger charge is 2.13. The number of hydrogen-bond donors (Lipinski definition) is 2. The molecule has 0 aliphatic carbocycles. The van der Waals surface area contributed by atoms with Crippen LogP contribution in [0.3, 0.4) is 0 Å². The van der Waals surface area contributed by atoms with Crippen molar-refractivity contribution in [3.05, 3.63) is 133 Å². The van der Waals surface area contributed by atoms with E-state index in [1.807, 2.05) is 0 Å². The Morgan fingerprint density at radius 1 is 0.875 bits per heavy atom. The van der Waals surface area contributed by atoms with E-state index in [2.05, 4.69) is 31.8 Å². The smallest absolute Gasteiger partial charge is 0.343 e. The fraction of sp³-hybridized carbons (Fsp3) is 0. The third-order valence-electron chi connectivity index (χ3n) is 5.35. The summed E-state index contributed by atoms with van der Waals surface area (Å²) in [4.78, 5) is 47.9. The van der Waals surface area contributed by atoms with E-state index in [1.54, 1.807) is 54.6 Å². The predicted octanol–water partition coefficient (Wildman–Crippen LogP) is 6.25. The Bertz CT molecular complexity index is 1630. The first-order valence-electron chi connectivity index (χ1n) is 11.5. The molecular formula is C28H18BrClN4O6. The maximum atomic E-state index is 12.7. The summed E-state index contributed by atoms with van der Waals surface area (Å²) >= 11 is 9.23. The molecule has 200 valence electrons. The van der Waals surface area contributed by atoms with Gasteiger partial charge in [-0.25, -0.2) is 10.2 Å². The highest BCUT2D eigenvalue weighted by atomic mass is 79.9. The Kier molecular flexibility index (Phi) is 9.00. The molecule has 0 saturated carbocycles. The van der Waals surface area contributed by atoms with Gasteiger partial charge < -0.3 is 10.1 Å². The zero-order chi connectivity index (χ0) is 28.6. The Labute approximate surface area is 240 Å². The molecule has 4 aromatic rings. The number of nitro benzene ring substituents is 1. The number of benzene rings is 4. The van der Waals surface area contributed by atoms with Gasteiger partial charge >= 0.3 is 5.97 Å². The summed E-state index contributed by atoms with van der Waals surface area (Å²) < 4.78 is 6.19. The summed E-state index contributed by atoms with van der Waals surface area (Å²) in [5.41, 5.74) is 3.75. The van der Waals surface area contributed by atoms with Gasteiger partial charge in [0.15, 0.2) is 0 Å². The quantitative estimate of drug-likeness (QED) is 0.0784. The van der Waals surface area contributed by atoms with Crippen molar-refractivity contribution >= 4 is 62.9 Å². The van der Waals surface area contributed by atoms with Crippen LogP contribution in [0.4, 0.5) is 11.4 Å². The van der Waals surface area contributed by atoms with Gasteiger partial charge in [-0.15, -0.1) is 0 Å². The Morgan fingerprint density at radius 3 is 2.27 bits per heavy atom. The molecule has 10 nitrogen and oxygen atoms in total. The van der Waals surface area contributed by atoms with Crippen LogP contribution in [-0.4, -0.2) is 28.9 Å². The second-order valence-electron chi connectivity index (χ2n) is 8.12. The van der Waals surface area contributed by atoms with E-state index in [9.17, 15) is 24.5 Å². The lowest BCUT2D eigenvalue weighted by atomic mass is 10.1. The minimum atomic E-state index is -0.592. The number of hydrazone groups is 1. The molecule has 12 heteroatoms. The molecule has 0 fully saturated rings. The third-order valence-corrected chi connectivity index (χ3v) is 6.09. The highest BCUT2D eigenvalue weighted by Crippen LogP contribution is 2.23. The number of hydrogen-bond acceptors (Lipinski definition) is 7. The molecule has 0 spiro atoms. The van der Waals surface area contributed by atoms with Crippen LogP contribution < -0.4 is 15.5 Å². The number of nitrogens with zero attached hydrogens (tertiary/aromatic N) is 2. The third kappa shape index (κ3) is 7.37. The first kappa shape index (κ1) is 28.1. The molecule has 0 heterocycles. The number of carbonyl (C=O) groups excluding carboxylic acids is 3. The topological polar surface area (TPSA) is 140 Å². The number of nitro groups is 1. The van der Waals surface area contributed by atoms with Gasteiger partial charge in [-0.2, -0.15) is 5.10 Å². The Hall–Kier alpha value is -4.87. The summed E-state index contributed by atoms with van der Waals surface area (Å²) in [6, 6.07) is 22.4. The summed E-state index contributed by atoms with van der Waals surface area (Å²) in [5.74, 6) is -1.43. The number of nitrogens with one attached hydrogen (secondary N) is 2. The molecule has 2 amide bonds. The van der Waals surface area contributed by atoms with Crippen molar-refractivity contribution in [2.75, 3.05) is 5.32 Å². The number of esters is 1. The normalized spacial score (nSPS) is 10.7. The minimum absolute atomic E-state index is 0.134. The van der Waals surface area contributed by atoms with Gasteiger partial charge in [-0.05, 0) is 72.8 Å². The van der Waals surface area contributed by atoms with E-state index >= 15 is 0 Å². The van der Waals surface area contributed by atoms with Crippen molar-refractivity contribution < 1.29 is 24.0 Å². The van der Waals surface area contributed by atoms with E-state index < -0.39 is 22.7 Å². The van der Waals surface area contributed by atoms with Gasteiger partial charge in [0.1, 0.15) is 5.75 Å². The molecule has 0 radical (unpaired) electrons. The fourth-order valence-corrected chi connectivity index (χ4v) is 3.86. The van der Waals surface area contributed by atoms with Gasteiger partial charge in [0.05, 0.1) is 16.7 Å². The molecule has 4 rings (SSSR count). The summed E-state index contributed by atoms with van der Waals surface area (Å²) in [6.07, 6.45) is 1.33. The van der Waals surface area contributed by atoms with Crippen LogP contribution in [0.5, 0.6) is 5.75 Å². The van der Waals surface area contributed by atoms with Gasteiger partial charge in [0, 0.05) is 44.0 Å². The number of ether oxygens (including phenoxy) is 1. The molecule has 0 aliphatic heterocycles. The first-order valence-corrected chi connectivity index (χ1v) is 12.6. The van der Waals surface area contributed by atoms with Crippen LogP contribution in [0.2, 0.25) is 5.02 Å². The lowest BCUT2D eigenvalue weighted by Gasteiger charge is -2.09. The number of amides is 2. The Balaban J connectivity index is 1.41. The van der Waals surface area contributed by atoms with Crippen LogP contribution >= 0.6 is 27.5 Å². The summed E-state index contributed by atoms with van der Waals surface area (Å²) in [7, 11) is 0. The van der Waals surface area contributed by atoms with Crippen molar-refractivity contribution in [2.24, 2.45) is 5.10 Å². The van der Waals surface area contributed by atoms with Crippen LogP contribution in [0.1, 0.15) is 36.6 Å². The van der Waals surface area contributed by atoms with Crippen molar-refractivity contribution in [2.45, 2.75) is 0 Å². The molecule has 0 aromatic heterocycles. The molecule has 2 N–H and O–H groups in total. The van der Waals surface area contributed by atoms with Crippen molar-refractivity contribution in [3.8, 4) is 5.75 Å². The lowest BCUT2D eigenvalue weighted by molar-refractivity contribution is -0.384. The standard InChI is InChI=1S/C28H18BrClN4O6/c29-21-8-13-25(40-28(37)18-4-9-22(30)10-5-18)20(14-21)16-31-33-27(36)19-2-1-3-23(15-19)32-26(35)17-6-11-24(12-7-17)34(38)39/h1-16H,(H,32,35)(H,33,36). The molecule has 4 aromatic carbocycles. The fourth-order valence-electron chi connectivity index (χ4n) is 3.36. The van der Waals surface area contributed by atoms with Crippen LogP contribution in [-0.2, 0) is 0 Å². The molecule has 0 bridgehead atoms. The minimum Gasteiger partial charge on any atom is -0.422 e. The molecular weight excluding hydrogens is 604 g/mol. The lowest BCUT2D eigenvalue weighted by Crippen LogP contribution is -2.18. The zero-order valence-electron chi connectivity index (χ0n) is 20.3. The molecule has 0 aliphatic rings. The van der Waals surface area contributed by atoms with Crippen LogP contribution in [0, 0.1) is 10.1 Å². The van der Waals surface area contributed by atoms with Gasteiger partial charge in [0.25, 0.3) is 17.5 Å². The number of carbonyl (C=O) groups is 3. The SMILES string of the molecule is O=C(NN=Cc1cc(Br)ccc1OC(=O)c1ccc(Cl)cc1)c1cccc(NC(=O)c2ccc([N+](=O)[O-])cc2)c1. The Morgan fingerprint density at radius 2 is 1.57 bits per heavy atom. The monoisotopic (exact) mass is 620 g/mol. The molecule has 0 saturated heterocycles. The van der Waals surface area contributed by atoms with E-state index in [0.717, 1.165) is 0 Å². The second-order valence-corrected chi connectivity index (χ2v) is 9.47. The van der Waals surface area contributed by atoms with E-state index in [1.165, 1.54) is 42.6 Å².